The van der Waals surface area contributed by atoms with E-state index < -0.39 is 0 Å². The number of urea groups is 1. The van der Waals surface area contributed by atoms with Crippen molar-refractivity contribution in [3.63, 3.8) is 0 Å². The molecule has 4 rings (SSSR count). The standard InChI is InChI=1S/C21H27N5O2/c27-20(15-7-4-5-8-15)24-18-13-22-25-19(18)16-9-6-12-26(14-16)21(28)23-17-10-2-1-3-11-17/h1-3,10-11,13,15-16H,4-9,12,14H2,(H,22,25)(H,23,28)(H,24,27)/t16-/m0/s1. The Morgan fingerprint density at radius 2 is 1.82 bits per heavy atom. The summed E-state index contributed by atoms with van der Waals surface area (Å²) >= 11 is 0. The first-order chi connectivity index (χ1) is 13.7. The predicted molar refractivity (Wildman–Crippen MR) is 108 cm³/mol. The van der Waals surface area contributed by atoms with Crippen LogP contribution in [0.25, 0.3) is 0 Å². The van der Waals surface area contributed by atoms with Gasteiger partial charge in [-0.25, -0.2) is 4.79 Å². The Morgan fingerprint density at radius 3 is 2.61 bits per heavy atom. The summed E-state index contributed by atoms with van der Waals surface area (Å²) in [5, 5.41) is 13.2. The van der Waals surface area contributed by atoms with Crippen molar-refractivity contribution in [2.45, 2.75) is 44.4 Å². The lowest BCUT2D eigenvalue weighted by Crippen LogP contribution is -2.41. The number of nitrogens with zero attached hydrogens (tertiary/aromatic N) is 2. The second-order valence-corrected chi connectivity index (χ2v) is 7.75. The van der Waals surface area contributed by atoms with Crippen LogP contribution in [0.4, 0.5) is 16.2 Å². The number of benzene rings is 1. The summed E-state index contributed by atoms with van der Waals surface area (Å²) in [5.74, 6) is 0.341. The van der Waals surface area contributed by atoms with Gasteiger partial charge in [-0.15, -0.1) is 0 Å². The summed E-state index contributed by atoms with van der Waals surface area (Å²) in [5.41, 5.74) is 2.47. The number of anilines is 2. The van der Waals surface area contributed by atoms with Gasteiger partial charge in [0.05, 0.1) is 17.6 Å². The summed E-state index contributed by atoms with van der Waals surface area (Å²) in [6.45, 7) is 1.33. The molecule has 0 unspecified atom stereocenters. The molecule has 2 fully saturated rings. The van der Waals surface area contributed by atoms with Crippen LogP contribution in [-0.4, -0.2) is 40.1 Å². The monoisotopic (exact) mass is 381 g/mol. The van der Waals surface area contributed by atoms with Crippen molar-refractivity contribution in [2.75, 3.05) is 23.7 Å². The van der Waals surface area contributed by atoms with Crippen LogP contribution in [0.5, 0.6) is 0 Å². The molecule has 7 nitrogen and oxygen atoms in total. The van der Waals surface area contributed by atoms with Crippen LogP contribution >= 0.6 is 0 Å². The van der Waals surface area contributed by atoms with E-state index in [0.717, 1.165) is 62.1 Å². The Labute approximate surface area is 164 Å². The van der Waals surface area contributed by atoms with Crippen LogP contribution in [0.15, 0.2) is 36.5 Å². The van der Waals surface area contributed by atoms with Gasteiger partial charge in [-0.2, -0.15) is 5.10 Å². The zero-order valence-electron chi connectivity index (χ0n) is 16.0. The van der Waals surface area contributed by atoms with Gasteiger partial charge < -0.3 is 15.5 Å². The van der Waals surface area contributed by atoms with Crippen molar-refractivity contribution in [1.29, 1.82) is 0 Å². The third-order valence-electron chi connectivity index (χ3n) is 5.79. The Hall–Kier alpha value is -2.83. The minimum atomic E-state index is -0.0908. The Morgan fingerprint density at radius 1 is 1.04 bits per heavy atom. The predicted octanol–water partition coefficient (Wildman–Crippen LogP) is 3.95. The Balaban J connectivity index is 1.40. The number of para-hydroxylation sites is 1. The molecular formula is C21H27N5O2. The van der Waals surface area contributed by atoms with Gasteiger partial charge in [0.15, 0.2) is 0 Å². The molecule has 1 aromatic carbocycles. The van der Waals surface area contributed by atoms with Gasteiger partial charge in [-0.3, -0.25) is 9.89 Å². The molecule has 1 aliphatic carbocycles. The third-order valence-corrected chi connectivity index (χ3v) is 5.79. The number of likely N-dealkylation sites (tertiary alicyclic amines) is 1. The Bertz CT molecular complexity index is 813. The van der Waals surface area contributed by atoms with Crippen LogP contribution in [-0.2, 0) is 4.79 Å². The Kier molecular flexibility index (Phi) is 5.60. The number of rotatable bonds is 4. The maximum atomic E-state index is 12.6. The molecular weight excluding hydrogens is 354 g/mol. The molecule has 0 radical (unpaired) electrons. The van der Waals surface area contributed by atoms with Crippen molar-refractivity contribution >= 4 is 23.3 Å². The zero-order valence-corrected chi connectivity index (χ0v) is 16.0. The number of hydrogen-bond donors (Lipinski definition) is 3. The molecule has 148 valence electrons. The molecule has 1 atom stereocenters. The number of piperidine rings is 1. The second kappa shape index (κ2) is 8.46. The highest BCUT2D eigenvalue weighted by atomic mass is 16.2. The molecule has 28 heavy (non-hydrogen) atoms. The normalized spacial score (nSPS) is 20.1. The van der Waals surface area contributed by atoms with E-state index in [4.69, 9.17) is 0 Å². The van der Waals surface area contributed by atoms with Crippen molar-refractivity contribution in [3.8, 4) is 0 Å². The molecule has 0 bridgehead atoms. The summed E-state index contributed by atoms with van der Waals surface area (Å²) in [7, 11) is 0. The lowest BCUT2D eigenvalue weighted by Gasteiger charge is -2.32. The van der Waals surface area contributed by atoms with Gasteiger partial charge >= 0.3 is 6.03 Å². The van der Waals surface area contributed by atoms with Gasteiger partial charge in [0.25, 0.3) is 0 Å². The fourth-order valence-corrected chi connectivity index (χ4v) is 4.25. The van der Waals surface area contributed by atoms with E-state index in [9.17, 15) is 9.59 Å². The number of nitrogens with one attached hydrogen (secondary N) is 3. The molecule has 2 heterocycles. The smallest absolute Gasteiger partial charge is 0.321 e. The van der Waals surface area contributed by atoms with Crippen LogP contribution in [0.2, 0.25) is 0 Å². The minimum absolute atomic E-state index is 0.0908. The van der Waals surface area contributed by atoms with Crippen LogP contribution in [0.1, 0.15) is 50.1 Å². The van der Waals surface area contributed by atoms with E-state index in [0.29, 0.717) is 6.54 Å². The third kappa shape index (κ3) is 4.18. The van der Waals surface area contributed by atoms with Crippen molar-refractivity contribution in [2.24, 2.45) is 5.92 Å². The fraction of sp³-hybridized carbons (Fsp3) is 0.476. The van der Waals surface area contributed by atoms with Crippen molar-refractivity contribution in [1.82, 2.24) is 15.1 Å². The molecule has 0 spiro atoms. The van der Waals surface area contributed by atoms with Crippen molar-refractivity contribution < 1.29 is 9.59 Å². The number of aromatic amines is 1. The van der Waals surface area contributed by atoms with Gasteiger partial charge in [-0.1, -0.05) is 31.0 Å². The van der Waals surface area contributed by atoms with E-state index >= 15 is 0 Å². The first-order valence-corrected chi connectivity index (χ1v) is 10.2. The topological polar surface area (TPSA) is 90.1 Å². The first-order valence-electron chi connectivity index (χ1n) is 10.2. The van der Waals surface area contributed by atoms with E-state index in [-0.39, 0.29) is 23.8 Å². The summed E-state index contributed by atoms with van der Waals surface area (Å²) in [6.07, 6.45) is 7.76. The van der Waals surface area contributed by atoms with E-state index in [1.807, 2.05) is 35.2 Å². The van der Waals surface area contributed by atoms with Crippen molar-refractivity contribution in [3.05, 3.63) is 42.2 Å². The number of H-pyrrole nitrogens is 1. The summed E-state index contributed by atoms with van der Waals surface area (Å²) in [6, 6.07) is 9.39. The number of amides is 3. The highest BCUT2D eigenvalue weighted by Crippen LogP contribution is 2.32. The average molecular weight is 381 g/mol. The molecule has 2 aliphatic rings. The number of hydrogen-bond acceptors (Lipinski definition) is 3. The largest absolute Gasteiger partial charge is 0.324 e. The van der Waals surface area contributed by atoms with E-state index in [2.05, 4.69) is 20.8 Å². The lowest BCUT2D eigenvalue weighted by atomic mass is 9.94. The van der Waals surface area contributed by atoms with Crippen LogP contribution in [0.3, 0.4) is 0 Å². The molecule has 1 saturated heterocycles. The summed E-state index contributed by atoms with van der Waals surface area (Å²) < 4.78 is 0. The maximum absolute atomic E-state index is 12.6. The summed E-state index contributed by atoms with van der Waals surface area (Å²) in [4.78, 5) is 27.0. The molecule has 3 N–H and O–H groups in total. The number of carbonyl (C=O) groups is 2. The molecule has 3 amide bonds. The SMILES string of the molecule is O=C(Nc1cn[nH]c1[C@H]1CCCN(C(=O)Nc2ccccc2)C1)C1CCCC1. The molecule has 2 aromatic rings. The molecule has 1 aliphatic heterocycles. The minimum Gasteiger partial charge on any atom is -0.324 e. The number of carbonyl (C=O) groups excluding carboxylic acids is 2. The molecule has 1 aromatic heterocycles. The van der Waals surface area contributed by atoms with Gasteiger partial charge in [0.1, 0.15) is 0 Å². The molecule has 7 heteroatoms. The fourth-order valence-electron chi connectivity index (χ4n) is 4.25. The first kappa shape index (κ1) is 18.5. The lowest BCUT2D eigenvalue weighted by molar-refractivity contribution is -0.119. The van der Waals surface area contributed by atoms with Crippen LogP contribution < -0.4 is 10.6 Å². The average Bonchev–Trinajstić information content (AvgIpc) is 3.41. The highest BCUT2D eigenvalue weighted by Gasteiger charge is 2.29. The zero-order chi connectivity index (χ0) is 19.3. The van der Waals surface area contributed by atoms with Gasteiger partial charge in [-0.05, 0) is 37.8 Å². The maximum Gasteiger partial charge on any atom is 0.321 e. The van der Waals surface area contributed by atoms with Gasteiger partial charge in [0, 0.05) is 30.6 Å². The van der Waals surface area contributed by atoms with E-state index in [1.165, 1.54) is 0 Å². The highest BCUT2D eigenvalue weighted by molar-refractivity contribution is 5.93. The molecule has 1 saturated carbocycles. The quantitative estimate of drug-likeness (QED) is 0.749. The number of aromatic nitrogens is 2. The van der Waals surface area contributed by atoms with Crippen LogP contribution in [0, 0.1) is 5.92 Å². The van der Waals surface area contributed by atoms with Gasteiger partial charge in [0.2, 0.25) is 5.91 Å². The van der Waals surface area contributed by atoms with E-state index in [1.54, 1.807) is 6.20 Å². The second-order valence-electron chi connectivity index (χ2n) is 7.75.